The highest BCUT2D eigenvalue weighted by Crippen LogP contribution is 2.25. The first-order valence-corrected chi connectivity index (χ1v) is 9.79. The van der Waals surface area contributed by atoms with Crippen LogP contribution in [0, 0.1) is 0 Å². The van der Waals surface area contributed by atoms with Crippen molar-refractivity contribution in [1.82, 2.24) is 10.1 Å². The van der Waals surface area contributed by atoms with Crippen molar-refractivity contribution in [3.05, 3.63) is 78.4 Å². The van der Waals surface area contributed by atoms with Crippen LogP contribution in [0.25, 0.3) is 22.8 Å². The van der Waals surface area contributed by atoms with E-state index in [-0.39, 0.29) is 5.91 Å². The van der Waals surface area contributed by atoms with Crippen molar-refractivity contribution in [3.8, 4) is 34.3 Å². The van der Waals surface area contributed by atoms with Crippen LogP contribution >= 0.6 is 0 Å². The van der Waals surface area contributed by atoms with E-state index < -0.39 is 0 Å². The average molecular weight is 415 g/mol. The fourth-order valence-corrected chi connectivity index (χ4v) is 3.03. The van der Waals surface area contributed by atoms with Gasteiger partial charge in [0.05, 0.1) is 19.3 Å². The topological polar surface area (TPSA) is 86.5 Å². The summed E-state index contributed by atoms with van der Waals surface area (Å²) in [5.74, 6) is 1.95. The van der Waals surface area contributed by atoms with Crippen LogP contribution in [-0.4, -0.2) is 29.8 Å². The minimum Gasteiger partial charge on any atom is -0.497 e. The maximum atomic E-state index is 12.6. The highest BCUT2D eigenvalue weighted by molar-refractivity contribution is 6.06. The maximum Gasteiger partial charge on any atom is 0.259 e. The third-order valence-corrected chi connectivity index (χ3v) is 4.60. The number of para-hydroxylation sites is 1. The quantitative estimate of drug-likeness (QED) is 0.454. The largest absolute Gasteiger partial charge is 0.497 e. The van der Waals surface area contributed by atoms with Crippen LogP contribution in [0.1, 0.15) is 17.3 Å². The highest BCUT2D eigenvalue weighted by Gasteiger charge is 2.14. The van der Waals surface area contributed by atoms with Gasteiger partial charge in [0.25, 0.3) is 11.8 Å². The molecule has 7 heteroatoms. The van der Waals surface area contributed by atoms with Gasteiger partial charge in [-0.05, 0) is 67.6 Å². The molecule has 1 aromatic heterocycles. The summed E-state index contributed by atoms with van der Waals surface area (Å²) in [5.41, 5.74) is 2.71. The Labute approximate surface area is 179 Å². The Morgan fingerprint density at radius 3 is 2.39 bits per heavy atom. The molecule has 1 N–H and O–H groups in total. The number of anilines is 1. The third kappa shape index (κ3) is 4.56. The van der Waals surface area contributed by atoms with Crippen LogP contribution in [0.4, 0.5) is 5.69 Å². The minimum absolute atomic E-state index is 0.239. The summed E-state index contributed by atoms with van der Waals surface area (Å²) in [5, 5.41) is 6.93. The van der Waals surface area contributed by atoms with E-state index in [1.165, 1.54) is 0 Å². The molecule has 0 radical (unpaired) electrons. The van der Waals surface area contributed by atoms with Crippen LogP contribution in [-0.2, 0) is 0 Å². The number of carbonyl (C=O) groups is 1. The van der Waals surface area contributed by atoms with Gasteiger partial charge in [0, 0.05) is 16.8 Å². The van der Waals surface area contributed by atoms with E-state index in [9.17, 15) is 4.79 Å². The fraction of sp³-hybridized carbons (Fsp3) is 0.125. The van der Waals surface area contributed by atoms with Crippen molar-refractivity contribution in [1.29, 1.82) is 0 Å². The molecule has 0 spiro atoms. The molecule has 1 amide bonds. The second-order valence-corrected chi connectivity index (χ2v) is 6.61. The normalized spacial score (nSPS) is 10.5. The smallest absolute Gasteiger partial charge is 0.259 e. The molecule has 0 bridgehead atoms. The maximum absolute atomic E-state index is 12.6. The number of carbonyl (C=O) groups excluding carboxylic acids is 1. The molecule has 0 aliphatic carbocycles. The van der Waals surface area contributed by atoms with Crippen molar-refractivity contribution < 1.29 is 18.8 Å². The summed E-state index contributed by atoms with van der Waals surface area (Å²) in [6, 6.07) is 21.8. The molecular weight excluding hydrogens is 394 g/mol. The molecule has 0 unspecified atom stereocenters. The molecule has 3 aromatic carbocycles. The van der Waals surface area contributed by atoms with Crippen molar-refractivity contribution >= 4 is 11.6 Å². The summed E-state index contributed by atoms with van der Waals surface area (Å²) in [7, 11) is 1.62. The van der Waals surface area contributed by atoms with Crippen LogP contribution < -0.4 is 14.8 Å². The second-order valence-electron chi connectivity index (χ2n) is 6.61. The first-order valence-electron chi connectivity index (χ1n) is 9.79. The van der Waals surface area contributed by atoms with E-state index >= 15 is 0 Å². The molecule has 0 aliphatic heterocycles. The van der Waals surface area contributed by atoms with E-state index in [1.807, 2.05) is 49.4 Å². The van der Waals surface area contributed by atoms with E-state index in [0.29, 0.717) is 35.3 Å². The zero-order chi connectivity index (χ0) is 21.6. The second kappa shape index (κ2) is 9.13. The Bertz CT molecular complexity index is 1170. The number of nitrogens with zero attached hydrogens (tertiary/aromatic N) is 2. The summed E-state index contributed by atoms with van der Waals surface area (Å²) in [6.07, 6.45) is 0. The first kappa shape index (κ1) is 20.2. The van der Waals surface area contributed by atoms with Gasteiger partial charge in [0.1, 0.15) is 11.5 Å². The predicted octanol–water partition coefficient (Wildman–Crippen LogP) is 5.06. The lowest BCUT2D eigenvalue weighted by atomic mass is 10.1. The van der Waals surface area contributed by atoms with Gasteiger partial charge in [0.15, 0.2) is 0 Å². The average Bonchev–Trinajstić information content (AvgIpc) is 3.30. The summed E-state index contributed by atoms with van der Waals surface area (Å²) in [6.45, 7) is 2.37. The molecule has 0 aliphatic rings. The minimum atomic E-state index is -0.239. The van der Waals surface area contributed by atoms with Gasteiger partial charge in [-0.2, -0.15) is 4.98 Å². The number of benzene rings is 3. The van der Waals surface area contributed by atoms with E-state index in [4.69, 9.17) is 14.0 Å². The van der Waals surface area contributed by atoms with E-state index in [1.54, 1.807) is 37.4 Å². The molecule has 0 fully saturated rings. The van der Waals surface area contributed by atoms with Crippen molar-refractivity contribution in [2.75, 3.05) is 19.0 Å². The molecule has 4 rings (SSSR count). The van der Waals surface area contributed by atoms with Gasteiger partial charge in [-0.15, -0.1) is 0 Å². The lowest BCUT2D eigenvalue weighted by Gasteiger charge is -2.10. The Hall–Kier alpha value is -4.13. The van der Waals surface area contributed by atoms with Crippen LogP contribution in [0.15, 0.2) is 77.3 Å². The highest BCUT2D eigenvalue weighted by atomic mass is 16.5. The van der Waals surface area contributed by atoms with Gasteiger partial charge in [-0.1, -0.05) is 17.3 Å². The molecule has 0 saturated heterocycles. The fourth-order valence-electron chi connectivity index (χ4n) is 3.03. The number of hydrogen-bond acceptors (Lipinski definition) is 6. The van der Waals surface area contributed by atoms with Crippen molar-refractivity contribution in [3.63, 3.8) is 0 Å². The van der Waals surface area contributed by atoms with Gasteiger partial charge in [0.2, 0.25) is 5.82 Å². The summed E-state index contributed by atoms with van der Waals surface area (Å²) >= 11 is 0. The number of rotatable bonds is 7. The number of ether oxygens (including phenoxy) is 2. The van der Waals surface area contributed by atoms with Crippen molar-refractivity contribution in [2.24, 2.45) is 0 Å². The number of methoxy groups -OCH3 is 1. The lowest BCUT2D eigenvalue weighted by Crippen LogP contribution is -2.13. The third-order valence-electron chi connectivity index (χ3n) is 4.60. The Kier molecular flexibility index (Phi) is 5.93. The number of aromatic nitrogens is 2. The zero-order valence-corrected chi connectivity index (χ0v) is 17.2. The number of amides is 1. The Balaban J connectivity index is 1.47. The molecule has 1 heterocycles. The Morgan fingerprint density at radius 1 is 0.968 bits per heavy atom. The van der Waals surface area contributed by atoms with Crippen molar-refractivity contribution in [2.45, 2.75) is 6.92 Å². The van der Waals surface area contributed by atoms with Gasteiger partial charge in [-0.3, -0.25) is 4.79 Å². The van der Waals surface area contributed by atoms with E-state index in [2.05, 4.69) is 15.5 Å². The van der Waals surface area contributed by atoms with Gasteiger partial charge < -0.3 is 19.3 Å². The molecule has 156 valence electrons. The van der Waals surface area contributed by atoms with Gasteiger partial charge >= 0.3 is 0 Å². The molecule has 0 atom stereocenters. The Morgan fingerprint density at radius 2 is 1.68 bits per heavy atom. The van der Waals surface area contributed by atoms with E-state index in [0.717, 1.165) is 16.9 Å². The number of nitrogens with one attached hydrogen (secondary N) is 1. The zero-order valence-electron chi connectivity index (χ0n) is 17.2. The monoisotopic (exact) mass is 415 g/mol. The number of hydrogen-bond donors (Lipinski definition) is 1. The standard InChI is InChI=1S/C24H21N3O4/c1-3-30-21-7-5-4-6-20(21)23(28)25-18-12-8-17(9-13-18)24-26-22(27-31-24)16-10-14-19(29-2)15-11-16/h4-15H,3H2,1-2H3,(H,25,28). The molecule has 0 saturated carbocycles. The summed E-state index contributed by atoms with van der Waals surface area (Å²) < 4.78 is 16.1. The van der Waals surface area contributed by atoms with Crippen LogP contribution in [0.5, 0.6) is 11.5 Å². The molecule has 31 heavy (non-hydrogen) atoms. The first-order chi connectivity index (χ1) is 15.2. The molecular formula is C24H21N3O4. The van der Waals surface area contributed by atoms with Crippen LogP contribution in [0.3, 0.4) is 0 Å². The summed E-state index contributed by atoms with van der Waals surface area (Å²) in [4.78, 5) is 17.1. The molecule has 4 aromatic rings. The predicted molar refractivity (Wildman–Crippen MR) is 117 cm³/mol. The molecule has 7 nitrogen and oxygen atoms in total. The van der Waals surface area contributed by atoms with Gasteiger partial charge in [-0.25, -0.2) is 0 Å². The van der Waals surface area contributed by atoms with Crippen LogP contribution in [0.2, 0.25) is 0 Å². The SMILES string of the molecule is CCOc1ccccc1C(=O)Nc1ccc(-c2nc(-c3ccc(OC)cc3)no2)cc1. The lowest BCUT2D eigenvalue weighted by molar-refractivity contribution is 0.102.